The van der Waals surface area contributed by atoms with Crippen molar-refractivity contribution in [2.75, 3.05) is 38.3 Å². The summed E-state index contributed by atoms with van der Waals surface area (Å²) in [4.78, 5) is 36.6. The van der Waals surface area contributed by atoms with Gasteiger partial charge in [-0.2, -0.15) is 9.97 Å². The van der Waals surface area contributed by atoms with Crippen LogP contribution in [0.1, 0.15) is 61.1 Å². The zero-order valence-corrected chi connectivity index (χ0v) is 25.3. The fourth-order valence-electron chi connectivity index (χ4n) is 3.66. The van der Waals surface area contributed by atoms with Gasteiger partial charge >= 0.3 is 19.8 Å². The van der Waals surface area contributed by atoms with Crippen LogP contribution in [0.4, 0.5) is 16.2 Å². The molecule has 0 saturated carbocycles. The number of phosphoric acid groups is 1. The molecule has 0 amide bonds. The highest BCUT2D eigenvalue weighted by molar-refractivity contribution is 7.48. The van der Waals surface area contributed by atoms with Gasteiger partial charge in [-0.25, -0.2) is 23.0 Å². The summed E-state index contributed by atoms with van der Waals surface area (Å²) in [6.07, 6.45) is -0.934. The lowest BCUT2D eigenvalue weighted by Crippen LogP contribution is -2.27. The van der Waals surface area contributed by atoms with Crippen LogP contribution in [-0.2, 0) is 41.9 Å². The summed E-state index contributed by atoms with van der Waals surface area (Å²) in [5, 5.41) is 2.86. The summed E-state index contributed by atoms with van der Waals surface area (Å²) >= 11 is 0. The van der Waals surface area contributed by atoms with Gasteiger partial charge in [-0.1, -0.05) is 0 Å². The zero-order chi connectivity index (χ0) is 30.8. The number of fused-ring (bicyclic) bond motifs is 1. The molecule has 230 valence electrons. The topological polar surface area (TPSA) is 188 Å². The lowest BCUT2D eigenvalue weighted by molar-refractivity contribution is -0.163. The number of alkyl halides is 1. The van der Waals surface area contributed by atoms with Gasteiger partial charge in [-0.3, -0.25) is 18.7 Å². The minimum absolute atomic E-state index is 0.0448. The fourth-order valence-corrected chi connectivity index (χ4v) is 4.60. The van der Waals surface area contributed by atoms with Crippen LogP contribution in [0.25, 0.3) is 11.2 Å². The number of ether oxygens (including phenoxy) is 3. The van der Waals surface area contributed by atoms with Crippen molar-refractivity contribution in [1.29, 1.82) is 0 Å². The number of carbonyl (C=O) groups excluding carboxylic acids is 2. The largest absolute Gasteiger partial charge is 0.480 e. The second kappa shape index (κ2) is 12.1. The summed E-state index contributed by atoms with van der Waals surface area (Å²) in [5.74, 6) is -0.940. The average molecular weight is 605 g/mol. The number of esters is 2. The maximum absolute atomic E-state index is 15.8. The third-order valence-corrected chi connectivity index (χ3v) is 7.14. The second-order valence-corrected chi connectivity index (χ2v) is 13.4. The summed E-state index contributed by atoms with van der Waals surface area (Å²) in [7, 11) is -2.85. The van der Waals surface area contributed by atoms with Crippen LogP contribution < -0.4 is 11.1 Å². The molecule has 3 heterocycles. The van der Waals surface area contributed by atoms with Crippen LogP contribution in [0.15, 0.2) is 6.33 Å². The van der Waals surface area contributed by atoms with E-state index in [4.69, 9.17) is 33.5 Å². The highest BCUT2D eigenvalue weighted by Crippen LogP contribution is 2.51. The van der Waals surface area contributed by atoms with Crippen LogP contribution in [-0.4, -0.2) is 70.5 Å². The van der Waals surface area contributed by atoms with E-state index in [1.165, 1.54) is 17.8 Å². The highest BCUT2D eigenvalue weighted by atomic mass is 31.2. The van der Waals surface area contributed by atoms with Gasteiger partial charge in [0.1, 0.15) is 0 Å². The number of anilines is 2. The molecule has 17 heteroatoms. The Balaban J connectivity index is 1.72. The van der Waals surface area contributed by atoms with E-state index in [1.54, 1.807) is 48.6 Å². The Labute approximate surface area is 237 Å². The van der Waals surface area contributed by atoms with Crippen molar-refractivity contribution in [3.63, 3.8) is 0 Å². The summed E-state index contributed by atoms with van der Waals surface area (Å²) in [6, 6.07) is 0. The number of nitrogens with two attached hydrogens (primary N) is 1. The third-order valence-electron chi connectivity index (χ3n) is 5.84. The molecule has 15 nitrogen and oxygen atoms in total. The molecular formula is C24H38FN6O9P. The van der Waals surface area contributed by atoms with E-state index in [0.717, 1.165) is 0 Å². The third kappa shape index (κ3) is 8.10. The maximum atomic E-state index is 15.8. The predicted molar refractivity (Wildman–Crippen MR) is 144 cm³/mol. The molecule has 2 aromatic rings. The van der Waals surface area contributed by atoms with E-state index in [9.17, 15) is 14.2 Å². The van der Waals surface area contributed by atoms with Gasteiger partial charge in [-0.05, 0) is 48.5 Å². The molecule has 41 heavy (non-hydrogen) atoms. The summed E-state index contributed by atoms with van der Waals surface area (Å²) in [6.45, 7) is 9.09. The Morgan fingerprint density at radius 3 is 2.20 bits per heavy atom. The van der Waals surface area contributed by atoms with Gasteiger partial charge < -0.3 is 25.3 Å². The van der Waals surface area contributed by atoms with Crippen molar-refractivity contribution in [3.05, 3.63) is 6.33 Å². The Hall–Kier alpha value is -2.91. The number of nitrogen functional groups attached to an aromatic ring is 1. The van der Waals surface area contributed by atoms with E-state index in [-0.39, 0.29) is 18.0 Å². The van der Waals surface area contributed by atoms with E-state index in [2.05, 4.69) is 20.3 Å². The molecule has 0 aromatic carbocycles. The normalized spacial score (nSPS) is 21.7. The van der Waals surface area contributed by atoms with Gasteiger partial charge in [0.05, 0.1) is 29.9 Å². The first kappa shape index (κ1) is 32.6. The van der Waals surface area contributed by atoms with E-state index in [1.807, 2.05) is 0 Å². The quantitative estimate of drug-likeness (QED) is 0.214. The number of phosphoric ester groups is 1. The molecule has 1 aliphatic rings. The molecule has 2 aromatic heterocycles. The lowest BCUT2D eigenvalue weighted by Gasteiger charge is -2.23. The van der Waals surface area contributed by atoms with Crippen molar-refractivity contribution in [1.82, 2.24) is 19.5 Å². The SMILES string of the molecule is CNc1nc(N)nc2c1ncn2[C@@H]1O[C@@H](COP(=O)(OCOC(=O)C(C)(C)C)OCOC(=O)C(C)(C)C)C[C@@]1(C)F. The number of hydrogen-bond acceptors (Lipinski definition) is 14. The molecule has 1 fully saturated rings. The van der Waals surface area contributed by atoms with Gasteiger partial charge in [0.25, 0.3) is 0 Å². The molecule has 1 aliphatic heterocycles. The zero-order valence-electron chi connectivity index (χ0n) is 24.4. The van der Waals surface area contributed by atoms with Gasteiger partial charge in [-0.15, -0.1) is 0 Å². The minimum atomic E-state index is -4.49. The van der Waals surface area contributed by atoms with Crippen molar-refractivity contribution in [2.24, 2.45) is 10.8 Å². The molecule has 0 bridgehead atoms. The first-order valence-electron chi connectivity index (χ1n) is 12.8. The Morgan fingerprint density at radius 1 is 1.12 bits per heavy atom. The Morgan fingerprint density at radius 2 is 1.68 bits per heavy atom. The number of nitrogens with one attached hydrogen (secondary N) is 1. The van der Waals surface area contributed by atoms with Crippen molar-refractivity contribution >= 4 is 42.7 Å². The Kier molecular flexibility index (Phi) is 9.65. The van der Waals surface area contributed by atoms with Crippen LogP contribution in [0.3, 0.4) is 0 Å². The van der Waals surface area contributed by atoms with E-state index < -0.39 is 68.8 Å². The molecule has 3 N–H and O–H groups in total. The van der Waals surface area contributed by atoms with Crippen molar-refractivity contribution in [3.8, 4) is 0 Å². The predicted octanol–water partition coefficient (Wildman–Crippen LogP) is 3.72. The number of nitrogens with zero attached hydrogens (tertiary/aromatic N) is 4. The number of aromatic nitrogens is 4. The fraction of sp³-hybridized carbons (Fsp3) is 0.708. The highest BCUT2D eigenvalue weighted by Gasteiger charge is 2.48. The molecule has 0 unspecified atom stereocenters. The molecular weight excluding hydrogens is 566 g/mol. The van der Waals surface area contributed by atoms with Gasteiger partial charge in [0.15, 0.2) is 28.9 Å². The first-order valence-corrected chi connectivity index (χ1v) is 14.2. The molecule has 1 saturated heterocycles. The number of carbonyl (C=O) groups is 2. The molecule has 0 aliphatic carbocycles. The monoisotopic (exact) mass is 604 g/mol. The lowest BCUT2D eigenvalue weighted by atomic mass is 9.98. The van der Waals surface area contributed by atoms with Gasteiger partial charge in [0, 0.05) is 13.5 Å². The van der Waals surface area contributed by atoms with Crippen LogP contribution in [0, 0.1) is 10.8 Å². The van der Waals surface area contributed by atoms with E-state index in [0.29, 0.717) is 11.3 Å². The molecule has 3 rings (SSSR count). The summed E-state index contributed by atoms with van der Waals surface area (Å²) < 4.78 is 62.1. The second-order valence-electron chi connectivity index (χ2n) is 11.7. The van der Waals surface area contributed by atoms with Crippen molar-refractivity contribution < 1.29 is 46.3 Å². The van der Waals surface area contributed by atoms with E-state index >= 15 is 4.39 Å². The number of halogens is 1. The van der Waals surface area contributed by atoms with Crippen LogP contribution >= 0.6 is 7.82 Å². The number of hydrogen-bond donors (Lipinski definition) is 2. The number of imidazole rings is 1. The maximum Gasteiger partial charge on any atom is 0.480 e. The van der Waals surface area contributed by atoms with Gasteiger partial charge in [0.2, 0.25) is 19.5 Å². The Bertz CT molecular complexity index is 1270. The van der Waals surface area contributed by atoms with Crippen LogP contribution in [0.5, 0.6) is 0 Å². The number of rotatable bonds is 11. The average Bonchev–Trinajstić information content (AvgIpc) is 3.40. The van der Waals surface area contributed by atoms with Crippen LogP contribution in [0.2, 0.25) is 0 Å². The standard InChI is InChI=1S/C24H38FN6O9P/c1-22(2,3)19(32)35-12-38-41(34,39-13-36-20(33)23(4,5)6)37-10-14-9-24(7,25)18(40-14)31-11-28-15-16(27-8)29-21(26)30-17(15)31/h11,14,18H,9-10,12-13H2,1-8H3,(H3,26,27,29,30)/t14-,18-,24-/m1/s1. The minimum Gasteiger partial charge on any atom is -0.437 e. The first-order chi connectivity index (χ1) is 18.9. The molecule has 0 radical (unpaired) electrons. The smallest absolute Gasteiger partial charge is 0.437 e. The van der Waals surface area contributed by atoms with Crippen molar-refractivity contribution in [2.45, 2.75) is 72.9 Å². The molecule has 3 atom stereocenters. The summed E-state index contributed by atoms with van der Waals surface area (Å²) in [5.41, 5.74) is 2.78. The molecule has 0 spiro atoms.